The van der Waals surface area contributed by atoms with Gasteiger partial charge >= 0.3 is 0 Å². The monoisotopic (exact) mass is 346 g/mol. The summed E-state index contributed by atoms with van der Waals surface area (Å²) in [5.41, 5.74) is 1.43. The molecule has 1 aliphatic carbocycles. The fourth-order valence-corrected chi connectivity index (χ4v) is 4.90. The lowest BCUT2D eigenvalue weighted by molar-refractivity contribution is 0.260. The third-order valence-electron chi connectivity index (χ3n) is 5.06. The molecule has 2 atom stereocenters. The molecule has 0 amide bonds. The number of nitrogens with zero attached hydrogens (tertiary/aromatic N) is 1. The van der Waals surface area contributed by atoms with Crippen LogP contribution in [-0.2, 0) is 10.0 Å². The molecule has 0 saturated heterocycles. The normalized spacial score (nSPS) is 24.7. The fraction of sp³-hybridized carbons (Fsp3) is 0.474. The summed E-state index contributed by atoms with van der Waals surface area (Å²) in [5, 5.41) is 0. The Bertz CT molecular complexity index is 710. The topological polar surface area (TPSA) is 49.4 Å². The molecule has 1 N–H and O–H groups in total. The zero-order valence-electron chi connectivity index (χ0n) is 14.2. The zero-order chi connectivity index (χ0) is 17.0. The summed E-state index contributed by atoms with van der Waals surface area (Å²) in [5.74, 6) is 0.855. The van der Waals surface area contributed by atoms with Crippen LogP contribution >= 0.6 is 0 Å². The Kier molecular flexibility index (Phi) is 5.41. The Morgan fingerprint density at radius 1 is 1.17 bits per heavy atom. The van der Waals surface area contributed by atoms with E-state index in [2.05, 4.69) is 35.0 Å². The number of nitrogens with one attached hydrogen (secondary N) is 1. The number of benzene rings is 1. The summed E-state index contributed by atoms with van der Waals surface area (Å²) in [6, 6.07) is 8.63. The van der Waals surface area contributed by atoms with Crippen molar-refractivity contribution in [1.82, 2.24) is 9.62 Å². The van der Waals surface area contributed by atoms with Gasteiger partial charge in [-0.15, -0.1) is 0 Å². The van der Waals surface area contributed by atoms with Crippen LogP contribution in [0.3, 0.4) is 0 Å². The van der Waals surface area contributed by atoms with Crippen LogP contribution in [0.4, 0.5) is 0 Å². The molecule has 24 heavy (non-hydrogen) atoms. The lowest BCUT2D eigenvalue weighted by atomic mass is 9.74. The summed E-state index contributed by atoms with van der Waals surface area (Å²) in [4.78, 5) is 2.53. The van der Waals surface area contributed by atoms with Crippen LogP contribution in [0.2, 0.25) is 0 Å². The molecule has 3 rings (SSSR count). The van der Waals surface area contributed by atoms with Gasteiger partial charge in [0, 0.05) is 20.1 Å². The predicted molar refractivity (Wildman–Crippen MR) is 96.9 cm³/mol. The van der Waals surface area contributed by atoms with Crippen molar-refractivity contribution in [1.29, 1.82) is 0 Å². The molecule has 130 valence electrons. The van der Waals surface area contributed by atoms with Gasteiger partial charge in [0.25, 0.3) is 0 Å². The molecule has 1 aliphatic heterocycles. The third-order valence-corrected chi connectivity index (χ3v) is 6.50. The Morgan fingerprint density at radius 3 is 2.67 bits per heavy atom. The smallest absolute Gasteiger partial charge is 0.240 e. The molecule has 2 aliphatic rings. The summed E-state index contributed by atoms with van der Waals surface area (Å²) in [7, 11) is -1.34. The molecule has 1 fully saturated rings. The molecule has 1 aromatic carbocycles. The highest BCUT2D eigenvalue weighted by Crippen LogP contribution is 2.36. The Morgan fingerprint density at radius 2 is 1.92 bits per heavy atom. The first kappa shape index (κ1) is 17.2. The Balaban J connectivity index is 1.68. The first-order valence-electron chi connectivity index (χ1n) is 8.68. The maximum atomic E-state index is 12.5. The van der Waals surface area contributed by atoms with Crippen molar-refractivity contribution in [3.63, 3.8) is 0 Å². The van der Waals surface area contributed by atoms with Crippen molar-refractivity contribution in [2.24, 2.45) is 11.8 Å². The molecule has 0 aromatic heterocycles. The Hall–Kier alpha value is -1.59. The molecule has 0 spiro atoms. The molecule has 0 unspecified atom stereocenters. The van der Waals surface area contributed by atoms with Crippen LogP contribution in [0.15, 0.2) is 59.2 Å². The van der Waals surface area contributed by atoms with Gasteiger partial charge in [-0.2, -0.15) is 0 Å². The molecular weight excluding hydrogens is 320 g/mol. The summed E-state index contributed by atoms with van der Waals surface area (Å²) in [6.45, 7) is 1.47. The molecule has 0 bridgehead atoms. The van der Waals surface area contributed by atoms with E-state index in [0.29, 0.717) is 23.3 Å². The number of hydrogen-bond donors (Lipinski definition) is 1. The molecule has 0 radical (unpaired) electrons. The van der Waals surface area contributed by atoms with E-state index in [-0.39, 0.29) is 0 Å². The standard InChI is InChI=1S/C19H26N2O2S/c1-21-13-7-9-17(15-21)19-12-6-5-8-16(19)14-20-24(22,23)18-10-3-2-4-11-18/h2-4,7,9-11,13,16,19-20H,5-6,8,12,14-15H2,1H3/t16-,19+/m0/s1. The molecule has 5 heteroatoms. The molecular formula is C19H26N2O2S. The predicted octanol–water partition coefficient (Wildman–Crippen LogP) is 3.16. The van der Waals surface area contributed by atoms with E-state index < -0.39 is 10.0 Å². The van der Waals surface area contributed by atoms with Gasteiger partial charge in [0.05, 0.1) is 4.90 Å². The SMILES string of the molecule is CN1C=CC=C([C@@H]2CCCC[C@H]2CNS(=O)(=O)c2ccccc2)C1. The van der Waals surface area contributed by atoms with E-state index in [0.717, 1.165) is 19.4 Å². The minimum absolute atomic E-state index is 0.344. The fourth-order valence-electron chi connectivity index (χ4n) is 3.79. The van der Waals surface area contributed by atoms with Crippen molar-refractivity contribution in [3.8, 4) is 0 Å². The van der Waals surface area contributed by atoms with Crippen LogP contribution in [0.25, 0.3) is 0 Å². The van der Waals surface area contributed by atoms with Crippen molar-refractivity contribution >= 4 is 10.0 Å². The van der Waals surface area contributed by atoms with Gasteiger partial charge in [-0.3, -0.25) is 0 Å². The van der Waals surface area contributed by atoms with Gasteiger partial charge in [0.1, 0.15) is 0 Å². The summed E-state index contributed by atoms with van der Waals surface area (Å²) in [6.07, 6.45) is 11.1. The molecule has 1 aromatic rings. The van der Waals surface area contributed by atoms with E-state index in [1.54, 1.807) is 24.3 Å². The van der Waals surface area contributed by atoms with Crippen LogP contribution < -0.4 is 4.72 Å². The zero-order valence-corrected chi connectivity index (χ0v) is 15.0. The average Bonchev–Trinajstić information content (AvgIpc) is 2.61. The van der Waals surface area contributed by atoms with Crippen molar-refractivity contribution < 1.29 is 8.42 Å². The van der Waals surface area contributed by atoms with Gasteiger partial charge < -0.3 is 4.90 Å². The highest BCUT2D eigenvalue weighted by atomic mass is 32.2. The van der Waals surface area contributed by atoms with E-state index in [4.69, 9.17) is 0 Å². The van der Waals surface area contributed by atoms with Gasteiger partial charge in [-0.25, -0.2) is 13.1 Å². The van der Waals surface area contributed by atoms with Gasteiger partial charge in [-0.1, -0.05) is 37.1 Å². The lowest BCUT2D eigenvalue weighted by Crippen LogP contribution is -2.36. The second-order valence-corrected chi connectivity index (χ2v) is 8.58. The number of hydrogen-bond acceptors (Lipinski definition) is 3. The van der Waals surface area contributed by atoms with Crippen LogP contribution in [0.5, 0.6) is 0 Å². The average molecular weight is 346 g/mol. The minimum atomic E-state index is -3.42. The van der Waals surface area contributed by atoms with Crippen LogP contribution in [-0.4, -0.2) is 33.5 Å². The molecule has 1 heterocycles. The van der Waals surface area contributed by atoms with Gasteiger partial charge in [0.15, 0.2) is 0 Å². The highest BCUT2D eigenvalue weighted by Gasteiger charge is 2.29. The maximum Gasteiger partial charge on any atom is 0.240 e. The van der Waals surface area contributed by atoms with Gasteiger partial charge in [0.2, 0.25) is 10.0 Å². The van der Waals surface area contributed by atoms with Crippen molar-refractivity contribution in [2.75, 3.05) is 20.1 Å². The van der Waals surface area contributed by atoms with Crippen molar-refractivity contribution in [2.45, 2.75) is 30.6 Å². The first-order chi connectivity index (χ1) is 11.6. The van der Waals surface area contributed by atoms with Crippen molar-refractivity contribution in [3.05, 3.63) is 54.3 Å². The quantitative estimate of drug-likeness (QED) is 0.891. The van der Waals surface area contributed by atoms with Gasteiger partial charge in [-0.05, 0) is 54.7 Å². The number of likely N-dealkylation sites (N-methyl/N-ethyl adjacent to an activating group) is 1. The number of rotatable bonds is 5. The van der Waals surface area contributed by atoms with Crippen LogP contribution in [0.1, 0.15) is 25.7 Å². The first-order valence-corrected chi connectivity index (χ1v) is 10.2. The third kappa shape index (κ3) is 4.08. The number of allylic oxidation sites excluding steroid dienone is 2. The van der Waals surface area contributed by atoms with E-state index in [1.165, 1.54) is 18.4 Å². The summed E-state index contributed by atoms with van der Waals surface area (Å²) >= 11 is 0. The maximum absolute atomic E-state index is 12.5. The summed E-state index contributed by atoms with van der Waals surface area (Å²) < 4.78 is 27.8. The highest BCUT2D eigenvalue weighted by molar-refractivity contribution is 7.89. The molecule has 1 saturated carbocycles. The molecule has 4 nitrogen and oxygen atoms in total. The minimum Gasteiger partial charge on any atom is -0.376 e. The van der Waals surface area contributed by atoms with E-state index in [9.17, 15) is 8.42 Å². The second kappa shape index (κ2) is 7.53. The van der Waals surface area contributed by atoms with Crippen LogP contribution in [0, 0.1) is 11.8 Å². The van der Waals surface area contributed by atoms with E-state index in [1.807, 2.05) is 6.07 Å². The largest absolute Gasteiger partial charge is 0.376 e. The van der Waals surface area contributed by atoms with E-state index >= 15 is 0 Å². The Labute approximate surface area is 145 Å². The number of sulfonamides is 1. The lowest BCUT2D eigenvalue weighted by Gasteiger charge is -2.35. The second-order valence-electron chi connectivity index (χ2n) is 6.81.